The maximum Gasteiger partial charge on any atom is 0.355 e. The number of aromatic carboxylic acids is 1. The summed E-state index contributed by atoms with van der Waals surface area (Å²) < 4.78 is 3.40. The molecule has 4 N–H and O–H groups in total. The van der Waals surface area contributed by atoms with E-state index in [1.54, 1.807) is 38.4 Å². The summed E-state index contributed by atoms with van der Waals surface area (Å²) in [6.45, 7) is 9.74. The predicted octanol–water partition coefficient (Wildman–Crippen LogP) is 7.77. The number of pyridine rings is 2. The Labute approximate surface area is 457 Å². The first kappa shape index (κ1) is 54.8. The minimum absolute atomic E-state index is 0.00891. The maximum absolute atomic E-state index is 13.3. The number of hydrogen-bond donors (Lipinski definition) is 4. The van der Waals surface area contributed by atoms with E-state index in [4.69, 9.17) is 10.1 Å². The van der Waals surface area contributed by atoms with Gasteiger partial charge in [-0.05, 0) is 92.8 Å². The van der Waals surface area contributed by atoms with Gasteiger partial charge in [0.2, 0.25) is 0 Å². The van der Waals surface area contributed by atoms with Crippen molar-refractivity contribution < 1.29 is 24.3 Å². The summed E-state index contributed by atoms with van der Waals surface area (Å²) in [5.41, 5.74) is 5.46. The monoisotopic (exact) mass is 1160 g/mol. The van der Waals surface area contributed by atoms with Crippen LogP contribution in [-0.2, 0) is 77.1 Å². The summed E-state index contributed by atoms with van der Waals surface area (Å²) in [6.07, 6.45) is 9.57. The van der Waals surface area contributed by atoms with E-state index in [9.17, 15) is 28.8 Å². The number of carboxylic acids is 1. The number of fused-ring (bicyclic) bond motifs is 4. The van der Waals surface area contributed by atoms with Gasteiger partial charge in [-0.25, -0.2) is 24.7 Å². The van der Waals surface area contributed by atoms with Gasteiger partial charge in [0.1, 0.15) is 37.1 Å². The first-order valence-electron chi connectivity index (χ1n) is 23.6. The highest BCUT2D eigenvalue weighted by Gasteiger charge is 2.54. The van der Waals surface area contributed by atoms with Crippen molar-refractivity contribution in [2.24, 2.45) is 11.8 Å². The van der Waals surface area contributed by atoms with E-state index in [0.29, 0.717) is 81.0 Å². The van der Waals surface area contributed by atoms with Gasteiger partial charge in [-0.2, -0.15) is 11.8 Å². The zero-order chi connectivity index (χ0) is 52.2. The van der Waals surface area contributed by atoms with Crippen LogP contribution in [0.15, 0.2) is 43.2 Å². The van der Waals surface area contributed by atoms with E-state index in [0.717, 1.165) is 78.2 Å². The molecule has 73 heavy (non-hydrogen) atoms. The second-order valence-electron chi connectivity index (χ2n) is 18.9. The minimum Gasteiger partial charge on any atom is -0.476 e. The summed E-state index contributed by atoms with van der Waals surface area (Å²) in [5.74, 6) is 0.484. The maximum atomic E-state index is 13.3. The number of nitrogens with one attached hydrogen (secondary N) is 3. The van der Waals surface area contributed by atoms with Crippen molar-refractivity contribution in [2.75, 3.05) is 18.6 Å². The van der Waals surface area contributed by atoms with Crippen LogP contribution in [0.3, 0.4) is 0 Å². The molecule has 0 aromatic carbocycles. The van der Waals surface area contributed by atoms with E-state index < -0.39 is 5.97 Å². The average Bonchev–Trinajstić information content (AvgIpc) is 3.77. The van der Waals surface area contributed by atoms with Crippen LogP contribution in [0.4, 0.5) is 0 Å². The van der Waals surface area contributed by atoms with Crippen molar-refractivity contribution in [3.05, 3.63) is 109 Å². The molecule has 10 rings (SSSR count). The standard InChI is InChI=1S/C26H31N5O3S3.C22H22N4O4S2.S4/c1-15(2)5-6-19-22-16(26(7-8-26)30-24(22)34)11-21(32)31(19)12-20-28-18(14-36-20)25-29-17(13-37-25)23(33)27-9-4-10-35-3;1-11(2)3-4-15-18-12(22(5-6-22)25-19(18)28)7-17(27)26(15)8-16-23-13(9-31-16)20-24-14(10-32-20)21(29)30;1-3-4-2/h11,13-15H,4-10,12H2,1-3H3,(H,27,33)(H,30,34);7,9-11H,3-6,8H2,1-2H3,(H,25,28)(H,29,30);. The van der Waals surface area contributed by atoms with Gasteiger partial charge in [-0.1, -0.05) is 27.7 Å². The van der Waals surface area contributed by atoms with Gasteiger partial charge in [-0.3, -0.25) is 24.0 Å². The number of carbonyl (C=O) groups excluding carboxylic acids is 3. The Bertz CT molecular complexity index is 3280. The molecule has 8 heterocycles. The number of carbonyl (C=O) groups is 4. The molecule has 0 unspecified atom stereocenters. The number of rotatable bonds is 18. The van der Waals surface area contributed by atoms with Gasteiger partial charge in [0.05, 0.1) is 35.3 Å². The van der Waals surface area contributed by atoms with Crippen LogP contribution >= 0.6 is 57.1 Å². The van der Waals surface area contributed by atoms with Crippen LogP contribution < -0.4 is 27.1 Å². The van der Waals surface area contributed by atoms with Crippen molar-refractivity contribution in [3.8, 4) is 21.4 Å². The highest BCUT2D eigenvalue weighted by Crippen LogP contribution is 2.51. The molecule has 6 aromatic heterocycles. The lowest BCUT2D eigenvalue weighted by Crippen LogP contribution is -2.27. The van der Waals surface area contributed by atoms with Gasteiger partial charge in [0, 0.05) is 91.7 Å². The lowest BCUT2D eigenvalue weighted by Gasteiger charge is -2.17. The van der Waals surface area contributed by atoms with E-state index in [-0.39, 0.29) is 52.2 Å². The first-order valence-corrected chi connectivity index (χ1v) is 32.5. The Morgan fingerprint density at radius 3 is 1.56 bits per heavy atom. The molecule has 0 bridgehead atoms. The zero-order valence-corrected chi connectivity index (χ0v) is 47.9. The van der Waals surface area contributed by atoms with Crippen LogP contribution in [0.2, 0.25) is 0 Å². The Morgan fingerprint density at radius 2 is 1.16 bits per heavy atom. The number of aromatic nitrogens is 6. The fourth-order valence-corrected chi connectivity index (χ4v) is 12.5. The molecule has 2 aliphatic heterocycles. The number of nitrogens with zero attached hydrogens (tertiary/aromatic N) is 6. The second kappa shape index (κ2) is 23.6. The Hall–Kier alpha value is -4.47. The molecule has 0 radical (unpaired) electrons. The molecule has 0 saturated heterocycles. The smallest absolute Gasteiger partial charge is 0.355 e. The SMILES string of the molecule is CC(C)CCc1c2c(cc(=O)n1Cc1nc(-c3nc(C(=O)O)cs3)cs1)C1(CC1)NC2=O.CSCCCNC(=O)c1csc(-c2csc(Cn3c(CCC(C)C)c4c(cc3=O)C3(CC3)NC4=O)n2)n1.S=S=S=S. The third-order valence-corrected chi connectivity index (χ3v) is 19.2. The summed E-state index contributed by atoms with van der Waals surface area (Å²) in [5, 5.41) is 27.9. The van der Waals surface area contributed by atoms with Gasteiger partial charge in [-0.15, -0.1) is 45.3 Å². The van der Waals surface area contributed by atoms with Crippen molar-refractivity contribution in [1.82, 2.24) is 45.0 Å². The first-order chi connectivity index (χ1) is 35.0. The topological polar surface area (TPSA) is 220 Å². The quantitative estimate of drug-likeness (QED) is 0.0605. The molecule has 3 amide bonds. The minimum atomic E-state index is -1.07. The Morgan fingerprint density at radius 1 is 0.712 bits per heavy atom. The highest BCUT2D eigenvalue weighted by molar-refractivity contribution is 8.51. The molecule has 386 valence electrons. The third-order valence-electron chi connectivity index (χ3n) is 12.9. The summed E-state index contributed by atoms with van der Waals surface area (Å²) >= 11 is 15.9. The second-order valence-corrected chi connectivity index (χ2v) is 27.0. The van der Waals surface area contributed by atoms with E-state index in [2.05, 4.69) is 81.0 Å². The zero-order valence-electron chi connectivity index (χ0n) is 40.6. The molecule has 2 aliphatic carbocycles. The Kier molecular flexibility index (Phi) is 17.7. The number of thioether (sulfide) groups is 1. The summed E-state index contributed by atoms with van der Waals surface area (Å²) in [6, 6.07) is 3.27. The van der Waals surface area contributed by atoms with Crippen LogP contribution in [-0.4, -0.2) is 76.4 Å². The normalized spacial score (nSPS) is 15.0. The van der Waals surface area contributed by atoms with Crippen molar-refractivity contribution in [2.45, 2.75) is 110 Å². The molecule has 2 saturated carbocycles. The van der Waals surface area contributed by atoms with Crippen molar-refractivity contribution >= 4 is 121 Å². The highest BCUT2D eigenvalue weighted by atomic mass is 33.2. The lowest BCUT2D eigenvalue weighted by molar-refractivity contribution is 0.0690. The van der Waals surface area contributed by atoms with Crippen LogP contribution in [0.1, 0.15) is 147 Å². The largest absolute Gasteiger partial charge is 0.476 e. The van der Waals surface area contributed by atoms with Gasteiger partial charge < -0.3 is 30.2 Å². The third kappa shape index (κ3) is 12.5. The average molecular weight is 1160 g/mol. The summed E-state index contributed by atoms with van der Waals surface area (Å²) in [7, 11) is 2.34. The fourth-order valence-electron chi connectivity index (χ4n) is 8.83. The molecule has 2 fully saturated rings. The molecular formula is C48H53N9O7S9. The van der Waals surface area contributed by atoms with Crippen LogP contribution in [0, 0.1) is 11.8 Å². The fraction of sp³-hybridized carbons (Fsp3) is 0.458. The lowest BCUT2D eigenvalue weighted by atomic mass is 9.97. The van der Waals surface area contributed by atoms with Crippen molar-refractivity contribution in [3.63, 3.8) is 0 Å². The number of thiazole rings is 4. The van der Waals surface area contributed by atoms with Gasteiger partial charge in [0.25, 0.3) is 28.8 Å². The Balaban J connectivity index is 0.000000183. The molecule has 0 atom stereocenters. The van der Waals surface area contributed by atoms with Gasteiger partial charge >= 0.3 is 5.97 Å². The van der Waals surface area contributed by atoms with Crippen molar-refractivity contribution in [1.29, 1.82) is 0 Å². The number of amides is 3. The number of carboxylic acid groups (broad SMARTS) is 1. The molecule has 2 spiro atoms. The molecular weight excluding hydrogens is 1100 g/mol. The van der Waals surface area contributed by atoms with Crippen LogP contribution in [0.25, 0.3) is 21.4 Å². The molecule has 25 heteroatoms. The van der Waals surface area contributed by atoms with Gasteiger partial charge in [0.15, 0.2) is 5.69 Å². The predicted molar refractivity (Wildman–Crippen MR) is 301 cm³/mol. The van der Waals surface area contributed by atoms with Crippen LogP contribution in [0.5, 0.6) is 0 Å². The van der Waals surface area contributed by atoms with E-state index >= 15 is 0 Å². The number of hydrogen-bond acceptors (Lipinski definition) is 17. The molecule has 4 aliphatic rings. The summed E-state index contributed by atoms with van der Waals surface area (Å²) in [4.78, 5) is 93.7. The van der Waals surface area contributed by atoms with E-state index in [1.165, 1.54) is 68.5 Å². The molecule has 6 aromatic rings. The van der Waals surface area contributed by atoms with E-state index in [1.807, 2.05) is 17.0 Å². The molecule has 16 nitrogen and oxygen atoms in total.